The number of methoxy groups -OCH3 is 1. The molecule has 0 saturated heterocycles. The van der Waals surface area contributed by atoms with Crippen LogP contribution in [-0.4, -0.2) is 31.6 Å². The molecule has 1 heterocycles. The van der Waals surface area contributed by atoms with Gasteiger partial charge in [-0.1, -0.05) is 29.8 Å². The minimum atomic E-state index is -0.646. The number of hydrogen-bond acceptors (Lipinski definition) is 4. The summed E-state index contributed by atoms with van der Waals surface area (Å²) in [5, 5.41) is 0.390. The summed E-state index contributed by atoms with van der Waals surface area (Å²) in [4.78, 5) is 26.5. The summed E-state index contributed by atoms with van der Waals surface area (Å²) in [6.45, 7) is 1.63. The maximum atomic E-state index is 12.6. The van der Waals surface area contributed by atoms with E-state index in [1.165, 1.54) is 13.2 Å². The third-order valence-electron chi connectivity index (χ3n) is 4.18. The molecule has 0 spiro atoms. The van der Waals surface area contributed by atoms with Crippen molar-refractivity contribution in [3.8, 4) is 5.75 Å². The molecule has 0 aliphatic carbocycles. The highest BCUT2D eigenvalue weighted by molar-refractivity contribution is 6.31. The molecule has 0 saturated carbocycles. The number of fused-ring (bicyclic) bond motifs is 1. The zero-order chi connectivity index (χ0) is 18.0. The molecule has 1 amide bonds. The molecule has 0 bridgehead atoms. The fourth-order valence-electron chi connectivity index (χ4n) is 3.06. The first-order valence-electron chi connectivity index (χ1n) is 7.92. The van der Waals surface area contributed by atoms with Crippen LogP contribution >= 0.6 is 11.6 Å². The van der Waals surface area contributed by atoms with Crippen molar-refractivity contribution < 1.29 is 19.1 Å². The van der Waals surface area contributed by atoms with E-state index in [9.17, 15) is 9.59 Å². The minimum absolute atomic E-state index is 0.0318. The van der Waals surface area contributed by atoms with Crippen molar-refractivity contribution in [2.45, 2.75) is 19.4 Å². The van der Waals surface area contributed by atoms with Crippen molar-refractivity contribution in [3.63, 3.8) is 0 Å². The minimum Gasteiger partial charge on any atom is -0.496 e. The summed E-state index contributed by atoms with van der Waals surface area (Å²) < 4.78 is 10.3. The van der Waals surface area contributed by atoms with E-state index in [1.54, 1.807) is 17.0 Å². The summed E-state index contributed by atoms with van der Waals surface area (Å²) in [5.41, 5.74) is 2.18. The molecule has 0 aromatic heterocycles. The number of para-hydroxylation sites is 1. The Kier molecular flexibility index (Phi) is 4.95. The molecular formula is C19H18ClNO4. The molecular weight excluding hydrogens is 342 g/mol. The first kappa shape index (κ1) is 17.3. The van der Waals surface area contributed by atoms with Crippen molar-refractivity contribution >= 4 is 29.2 Å². The quantitative estimate of drug-likeness (QED) is 0.784. The Morgan fingerprint density at radius 3 is 2.76 bits per heavy atom. The van der Waals surface area contributed by atoms with Crippen LogP contribution in [0.5, 0.6) is 5.75 Å². The van der Waals surface area contributed by atoms with Gasteiger partial charge in [-0.15, -0.1) is 0 Å². The van der Waals surface area contributed by atoms with E-state index in [4.69, 9.17) is 21.1 Å². The van der Waals surface area contributed by atoms with Crippen LogP contribution in [0.1, 0.15) is 22.8 Å². The van der Waals surface area contributed by atoms with Crippen LogP contribution in [0.2, 0.25) is 5.02 Å². The van der Waals surface area contributed by atoms with Gasteiger partial charge in [0, 0.05) is 16.8 Å². The normalized spacial score (nSPS) is 15.6. The molecule has 3 rings (SSSR count). The van der Waals surface area contributed by atoms with Gasteiger partial charge >= 0.3 is 5.97 Å². The van der Waals surface area contributed by atoms with E-state index in [0.29, 0.717) is 10.8 Å². The van der Waals surface area contributed by atoms with E-state index in [1.807, 2.05) is 31.2 Å². The highest BCUT2D eigenvalue weighted by Crippen LogP contribution is 2.32. The molecule has 2 aromatic rings. The number of hydrogen-bond donors (Lipinski definition) is 0. The summed E-state index contributed by atoms with van der Waals surface area (Å²) in [6.07, 6.45) is 0.790. The molecule has 1 aliphatic rings. The van der Waals surface area contributed by atoms with Crippen LogP contribution in [0.15, 0.2) is 42.5 Å². The molecule has 0 radical (unpaired) electrons. The molecule has 2 aromatic carbocycles. The number of benzene rings is 2. The fraction of sp³-hybridized carbons (Fsp3) is 0.263. The SMILES string of the molecule is COc1ccc(Cl)cc1C(=O)OCC(=O)N1c2ccccc2CC1C. The van der Waals surface area contributed by atoms with Gasteiger partial charge in [0.05, 0.1) is 7.11 Å². The number of carbonyl (C=O) groups excluding carboxylic acids is 2. The number of amides is 1. The average Bonchev–Trinajstić information content (AvgIpc) is 2.95. The highest BCUT2D eigenvalue weighted by atomic mass is 35.5. The smallest absolute Gasteiger partial charge is 0.342 e. The number of halogens is 1. The Morgan fingerprint density at radius 2 is 2.00 bits per heavy atom. The standard InChI is InChI=1S/C19H18ClNO4/c1-12-9-13-5-3-4-6-16(13)21(12)18(22)11-25-19(23)15-10-14(20)7-8-17(15)24-2/h3-8,10,12H,9,11H2,1-2H3. The topological polar surface area (TPSA) is 55.8 Å². The molecule has 25 heavy (non-hydrogen) atoms. The number of esters is 1. The molecule has 1 atom stereocenters. The van der Waals surface area contributed by atoms with Gasteiger partial charge in [-0.2, -0.15) is 0 Å². The average molecular weight is 360 g/mol. The lowest BCUT2D eigenvalue weighted by molar-refractivity contribution is -0.122. The Bertz CT molecular complexity index is 821. The van der Waals surface area contributed by atoms with Gasteiger partial charge < -0.3 is 14.4 Å². The van der Waals surface area contributed by atoms with Gasteiger partial charge in [0.25, 0.3) is 5.91 Å². The Hall–Kier alpha value is -2.53. The maximum absolute atomic E-state index is 12.6. The Morgan fingerprint density at radius 1 is 1.24 bits per heavy atom. The number of rotatable bonds is 4. The molecule has 0 fully saturated rings. The Labute approximate surface area is 151 Å². The molecule has 6 heteroatoms. The van der Waals surface area contributed by atoms with Crippen LogP contribution < -0.4 is 9.64 Å². The second kappa shape index (κ2) is 7.15. The lowest BCUT2D eigenvalue weighted by Crippen LogP contribution is -2.38. The first-order valence-corrected chi connectivity index (χ1v) is 8.29. The zero-order valence-electron chi connectivity index (χ0n) is 14.0. The van der Waals surface area contributed by atoms with E-state index < -0.39 is 5.97 Å². The van der Waals surface area contributed by atoms with Crippen molar-refractivity contribution in [1.82, 2.24) is 0 Å². The van der Waals surface area contributed by atoms with Crippen molar-refractivity contribution in [2.75, 3.05) is 18.6 Å². The molecule has 1 unspecified atom stereocenters. The van der Waals surface area contributed by atoms with Crippen molar-refractivity contribution in [3.05, 3.63) is 58.6 Å². The largest absolute Gasteiger partial charge is 0.496 e. The van der Waals surface area contributed by atoms with E-state index in [-0.39, 0.29) is 24.1 Å². The summed E-state index contributed by atoms with van der Waals surface area (Å²) in [5.74, 6) is -0.554. The van der Waals surface area contributed by atoms with Gasteiger partial charge in [-0.25, -0.2) is 4.79 Å². The number of nitrogens with zero attached hydrogens (tertiary/aromatic N) is 1. The van der Waals surface area contributed by atoms with Crippen molar-refractivity contribution in [2.24, 2.45) is 0 Å². The molecule has 5 nitrogen and oxygen atoms in total. The lowest BCUT2D eigenvalue weighted by atomic mass is 10.1. The first-order chi connectivity index (χ1) is 12.0. The fourth-order valence-corrected chi connectivity index (χ4v) is 3.23. The second-order valence-corrected chi connectivity index (χ2v) is 6.30. The molecule has 1 aliphatic heterocycles. The third kappa shape index (κ3) is 3.46. The third-order valence-corrected chi connectivity index (χ3v) is 4.42. The monoisotopic (exact) mass is 359 g/mol. The van der Waals surface area contributed by atoms with E-state index in [2.05, 4.69) is 0 Å². The predicted octanol–water partition coefficient (Wildman–Crippen LogP) is 3.48. The Balaban J connectivity index is 1.71. The summed E-state index contributed by atoms with van der Waals surface area (Å²) >= 11 is 5.92. The van der Waals surface area contributed by atoms with Crippen LogP contribution in [0.25, 0.3) is 0 Å². The maximum Gasteiger partial charge on any atom is 0.342 e. The van der Waals surface area contributed by atoms with Crippen molar-refractivity contribution in [1.29, 1.82) is 0 Å². The van der Waals surface area contributed by atoms with Gasteiger partial charge in [-0.05, 0) is 43.2 Å². The van der Waals surface area contributed by atoms with E-state index in [0.717, 1.165) is 17.7 Å². The van der Waals surface area contributed by atoms with Crippen LogP contribution in [0, 0.1) is 0 Å². The van der Waals surface area contributed by atoms with Crippen LogP contribution in [0.4, 0.5) is 5.69 Å². The number of carbonyl (C=O) groups is 2. The van der Waals surface area contributed by atoms with Gasteiger partial charge in [0.1, 0.15) is 11.3 Å². The molecule has 130 valence electrons. The predicted molar refractivity (Wildman–Crippen MR) is 95.4 cm³/mol. The van der Waals surface area contributed by atoms with E-state index >= 15 is 0 Å². The summed E-state index contributed by atoms with van der Waals surface area (Å²) in [7, 11) is 1.45. The highest BCUT2D eigenvalue weighted by Gasteiger charge is 2.31. The lowest BCUT2D eigenvalue weighted by Gasteiger charge is -2.22. The van der Waals surface area contributed by atoms with Crippen LogP contribution in [-0.2, 0) is 16.0 Å². The second-order valence-electron chi connectivity index (χ2n) is 5.87. The number of anilines is 1. The molecule has 0 N–H and O–H groups in total. The van der Waals surface area contributed by atoms with Gasteiger partial charge in [0.2, 0.25) is 0 Å². The van der Waals surface area contributed by atoms with Gasteiger partial charge in [0.15, 0.2) is 6.61 Å². The zero-order valence-corrected chi connectivity index (χ0v) is 14.7. The van der Waals surface area contributed by atoms with Gasteiger partial charge in [-0.3, -0.25) is 4.79 Å². The summed E-state index contributed by atoms with van der Waals surface area (Å²) in [6, 6.07) is 12.4. The number of ether oxygens (including phenoxy) is 2. The van der Waals surface area contributed by atoms with Crippen LogP contribution in [0.3, 0.4) is 0 Å².